The van der Waals surface area contributed by atoms with Gasteiger partial charge in [0.15, 0.2) is 12.2 Å². The molecule has 0 saturated carbocycles. The highest BCUT2D eigenvalue weighted by Gasteiger charge is 2.49. The van der Waals surface area contributed by atoms with Gasteiger partial charge in [-0.3, -0.25) is 4.90 Å². The molecule has 4 aliphatic rings. The maximum absolute atomic E-state index is 11.7. The number of carbonyl (C=O) groups is 2. The van der Waals surface area contributed by atoms with Gasteiger partial charge in [-0.25, -0.2) is 9.59 Å². The van der Waals surface area contributed by atoms with Gasteiger partial charge in [0.25, 0.3) is 0 Å². The van der Waals surface area contributed by atoms with E-state index in [1.807, 2.05) is 0 Å². The summed E-state index contributed by atoms with van der Waals surface area (Å²) < 4.78 is 60.8. The molecular formula is C41H47NO16. The maximum Gasteiger partial charge on any atom is 0.335 e. The van der Waals surface area contributed by atoms with Crippen LogP contribution in [0.15, 0.2) is 66.7 Å². The lowest BCUT2D eigenvalue weighted by atomic mass is 9.86. The molecule has 8 N–H and O–H groups in total. The number of fused-ring (bicyclic) bond motifs is 1. The highest BCUT2D eigenvalue weighted by molar-refractivity contribution is 5.95. The molecule has 0 aromatic heterocycles. The van der Waals surface area contributed by atoms with Crippen LogP contribution >= 0.6 is 0 Å². The number of aliphatic hydroxyl groups excluding tert-OH is 6. The quantitative estimate of drug-likeness (QED) is 0.128. The first-order valence-electron chi connectivity index (χ1n) is 20.3. The van der Waals surface area contributed by atoms with Gasteiger partial charge >= 0.3 is 11.9 Å². The van der Waals surface area contributed by atoms with Crippen molar-refractivity contribution in [3.63, 3.8) is 0 Å². The summed E-state index contributed by atoms with van der Waals surface area (Å²) >= 11 is 0. The molecule has 3 aromatic rings. The zero-order valence-electron chi connectivity index (χ0n) is 33.9. The average molecular weight is 813 g/mol. The Balaban J connectivity index is 1.22. The van der Waals surface area contributed by atoms with Gasteiger partial charge in [0.1, 0.15) is 72.3 Å². The van der Waals surface area contributed by atoms with Crippen molar-refractivity contribution in [1.29, 1.82) is 0 Å². The Kier molecular flexibility index (Phi) is 11.3. The van der Waals surface area contributed by atoms with Crippen molar-refractivity contribution in [3.05, 3.63) is 83.4 Å². The first-order valence-corrected chi connectivity index (χ1v) is 18.8. The van der Waals surface area contributed by atoms with Gasteiger partial charge in [-0.05, 0) is 85.9 Å². The zero-order chi connectivity index (χ0) is 43.7. The minimum Gasteiger partial charge on any atom is -0.492 e. The molecule has 4 aliphatic heterocycles. The van der Waals surface area contributed by atoms with Gasteiger partial charge in [0.05, 0.1) is 0 Å². The van der Waals surface area contributed by atoms with Crippen molar-refractivity contribution in [3.8, 4) is 23.0 Å². The molecule has 17 heteroatoms. The summed E-state index contributed by atoms with van der Waals surface area (Å²) in [5.41, 5.74) is 1.10. The molecule has 0 aliphatic carbocycles. The molecule has 58 heavy (non-hydrogen) atoms. The normalized spacial score (nSPS) is 32.4. The predicted octanol–water partition coefficient (Wildman–Crippen LogP) is 1.16. The van der Waals surface area contributed by atoms with E-state index in [0.717, 1.165) is 32.5 Å². The molecule has 0 amide bonds. The number of carboxylic acid groups (broad SMARTS) is 2. The summed E-state index contributed by atoms with van der Waals surface area (Å²) in [6.45, 7) is 0.472. The number of benzene rings is 3. The molecule has 0 bridgehead atoms. The van der Waals surface area contributed by atoms with E-state index in [-0.39, 0.29) is 34.0 Å². The van der Waals surface area contributed by atoms with Gasteiger partial charge in [-0.15, -0.1) is 0 Å². The third kappa shape index (κ3) is 8.63. The molecule has 0 unspecified atom stereocenters. The van der Waals surface area contributed by atoms with Gasteiger partial charge in [0.2, 0.25) is 12.6 Å². The van der Waals surface area contributed by atoms with Crippen molar-refractivity contribution in [2.45, 2.75) is 93.6 Å². The number of allylic oxidation sites excluding steroid dienone is 1. The lowest BCUT2D eigenvalue weighted by Crippen LogP contribution is -2.61. The molecule has 0 radical (unpaired) electrons. The van der Waals surface area contributed by atoms with Crippen molar-refractivity contribution < 1.29 is 83.0 Å². The molecular weight excluding hydrogens is 762 g/mol. The fourth-order valence-electron chi connectivity index (χ4n) is 7.37. The third-order valence-electron chi connectivity index (χ3n) is 10.6. The van der Waals surface area contributed by atoms with Gasteiger partial charge < -0.3 is 69.3 Å². The Labute approximate surface area is 337 Å². The van der Waals surface area contributed by atoms with Crippen LogP contribution in [0.25, 0.3) is 11.1 Å². The molecule has 3 saturated heterocycles. The van der Waals surface area contributed by atoms with Crippen LogP contribution in [-0.2, 0) is 19.1 Å². The topological polar surface area (TPSA) is 255 Å². The summed E-state index contributed by atoms with van der Waals surface area (Å²) in [6, 6.07) is 16.9. The number of carboxylic acids is 2. The molecule has 312 valence electrons. The first kappa shape index (κ1) is 37.5. The van der Waals surface area contributed by atoms with Gasteiger partial charge in [-0.2, -0.15) is 0 Å². The van der Waals surface area contributed by atoms with Crippen LogP contribution in [0.3, 0.4) is 0 Å². The third-order valence-corrected chi connectivity index (χ3v) is 10.6. The monoisotopic (exact) mass is 812 g/mol. The van der Waals surface area contributed by atoms with Crippen LogP contribution in [0.4, 0.5) is 0 Å². The fraction of sp³-hybridized carbons (Fsp3) is 0.463. The Morgan fingerprint density at radius 2 is 1.26 bits per heavy atom. The maximum atomic E-state index is 11.7. The summed E-state index contributed by atoms with van der Waals surface area (Å²) in [7, 11) is 0. The molecule has 0 spiro atoms. The summed E-state index contributed by atoms with van der Waals surface area (Å²) in [5.74, 6) is -2.62. The van der Waals surface area contributed by atoms with Crippen molar-refractivity contribution in [2.75, 3.05) is 26.2 Å². The molecule has 3 aromatic carbocycles. The number of likely N-dealkylation sites (tertiary alicyclic amines) is 1. The number of ether oxygens (including phenoxy) is 6. The summed E-state index contributed by atoms with van der Waals surface area (Å²) in [6.07, 6.45) is -16.3. The number of hydrogen-bond donors (Lipinski definition) is 8. The zero-order valence-corrected chi connectivity index (χ0v) is 30.9. The van der Waals surface area contributed by atoms with Crippen LogP contribution in [0.5, 0.6) is 23.0 Å². The Morgan fingerprint density at radius 3 is 1.83 bits per heavy atom. The molecule has 3 fully saturated rings. The van der Waals surface area contributed by atoms with Gasteiger partial charge in [-0.1, -0.05) is 30.7 Å². The summed E-state index contributed by atoms with van der Waals surface area (Å²) in [4.78, 5) is 25.7. The second-order valence-corrected chi connectivity index (χ2v) is 14.5. The highest BCUT2D eigenvalue weighted by Crippen LogP contribution is 2.48. The Hall–Kier alpha value is -4.82. The van der Waals surface area contributed by atoms with Gasteiger partial charge in [0, 0.05) is 27.9 Å². The van der Waals surface area contributed by atoms with Crippen LogP contribution in [0.2, 0.25) is 0 Å². The minimum absolute atomic E-state index is 0.0250. The predicted molar refractivity (Wildman–Crippen MR) is 201 cm³/mol. The van der Waals surface area contributed by atoms with E-state index >= 15 is 0 Å². The van der Waals surface area contributed by atoms with E-state index in [1.54, 1.807) is 24.3 Å². The van der Waals surface area contributed by atoms with Crippen molar-refractivity contribution >= 4 is 23.1 Å². The number of aliphatic hydroxyl groups is 6. The van der Waals surface area contributed by atoms with E-state index in [2.05, 4.69) is 4.90 Å². The number of nitrogens with zero attached hydrogens (tertiary/aromatic N) is 1. The van der Waals surface area contributed by atoms with E-state index in [9.17, 15) is 50.4 Å². The van der Waals surface area contributed by atoms with E-state index < -0.39 is 86.3 Å². The number of piperidine rings is 1. The Bertz CT molecular complexity index is 2060. The smallest absolute Gasteiger partial charge is 0.335 e. The second-order valence-electron chi connectivity index (χ2n) is 14.5. The van der Waals surface area contributed by atoms with Crippen molar-refractivity contribution in [1.82, 2.24) is 4.90 Å². The van der Waals surface area contributed by atoms with Crippen LogP contribution in [0.1, 0.15) is 53.0 Å². The second kappa shape index (κ2) is 17.6. The summed E-state index contributed by atoms with van der Waals surface area (Å²) in [5, 5.41) is 80.8. The van der Waals surface area contributed by atoms with E-state index in [4.69, 9.17) is 32.5 Å². The number of rotatable bonds is 12. The fourth-order valence-corrected chi connectivity index (χ4v) is 7.37. The Morgan fingerprint density at radius 1 is 0.707 bits per heavy atom. The number of hydrogen-bond acceptors (Lipinski definition) is 15. The van der Waals surface area contributed by atoms with Crippen LogP contribution in [-0.4, -0.2) is 145 Å². The molecule has 4 heterocycles. The highest BCUT2D eigenvalue weighted by atomic mass is 16.7. The molecule has 7 rings (SSSR count). The largest absolute Gasteiger partial charge is 0.492 e. The SMILES string of the molecule is [2H]C([2H])([2H])C1=C(c2ccc(O[C@@H]3O[C@H](C(=O)O)[C@@H](O)[C@H](O)[C@H]3O)cc2)[C@H](c2ccc(OCCN3CCCCC3)cc2)Oc2cc(O[C@@H]3O[C@H](C(=O)O)[C@@H](O)[C@H](O)[C@H]3O)ccc21. The standard InChI is InChI=1S/C41H47NO16/c1-20-26-14-13-25(55-41-34(48)30(44)32(46)37(58-41)39(51)52)19-27(26)56-35(22-7-9-23(10-8-22)53-18-17-42-15-3-2-4-16-42)28(20)21-5-11-24(12-6-21)54-40-33(47)29(43)31(45)36(57-40)38(49)50/h5-14,19,29-37,40-41,43-48H,2-4,15-18H2,1H3,(H,49,50)(H,51,52)/t29-,30-,31-,32-,33+,34+,35-,36-,37-,40+,41+/m0/s1/i1D3. The van der Waals surface area contributed by atoms with Crippen molar-refractivity contribution in [2.24, 2.45) is 0 Å². The van der Waals surface area contributed by atoms with E-state index in [0.29, 0.717) is 23.5 Å². The lowest BCUT2D eigenvalue weighted by Gasteiger charge is -2.38. The molecule has 11 atom stereocenters. The van der Waals surface area contributed by atoms with Crippen LogP contribution in [0, 0.1) is 0 Å². The molecule has 17 nitrogen and oxygen atoms in total. The van der Waals surface area contributed by atoms with E-state index in [1.165, 1.54) is 48.9 Å². The minimum atomic E-state index is -2.78. The lowest BCUT2D eigenvalue weighted by molar-refractivity contribution is -0.271. The van der Waals surface area contributed by atoms with Crippen LogP contribution < -0.4 is 18.9 Å². The average Bonchev–Trinajstić information content (AvgIpc) is 3.23. The first-order chi connectivity index (χ1) is 29.0. The number of aliphatic carboxylic acids is 2.